The number of rotatable bonds is 3. The summed E-state index contributed by atoms with van der Waals surface area (Å²) in [5.74, 6) is 0.877. The second-order valence-corrected chi connectivity index (χ2v) is 4.21. The maximum Gasteiger partial charge on any atom is 0.119 e. The van der Waals surface area contributed by atoms with Crippen LogP contribution in [0.1, 0.15) is 6.04 Å². The molecule has 1 aliphatic rings. The van der Waals surface area contributed by atoms with Crippen LogP contribution in [0.4, 0.5) is 0 Å². The van der Waals surface area contributed by atoms with E-state index in [1.165, 1.54) is 0 Å². The van der Waals surface area contributed by atoms with Gasteiger partial charge in [0, 0.05) is 24.8 Å². The highest BCUT2D eigenvalue weighted by Gasteiger charge is 2.21. The largest absolute Gasteiger partial charge is 0.497 e. The maximum absolute atomic E-state index is 5.25. The predicted molar refractivity (Wildman–Crippen MR) is 66.1 cm³/mol. The molecule has 1 N–H and O–H groups in total. The first kappa shape index (κ1) is 10.4. The molecule has 1 aromatic carbocycles. The van der Waals surface area contributed by atoms with Crippen LogP contribution < -0.4 is 10.1 Å². The molecular weight excluding hydrogens is 214 g/mol. The van der Waals surface area contributed by atoms with E-state index in [-0.39, 0.29) is 0 Å². The van der Waals surface area contributed by atoms with Crippen LogP contribution in [0.5, 0.6) is 5.75 Å². The van der Waals surface area contributed by atoms with Crippen molar-refractivity contribution in [1.29, 1.82) is 0 Å². The molecular formula is C13H15N3O. The van der Waals surface area contributed by atoms with Gasteiger partial charge in [0.15, 0.2) is 0 Å². The quantitative estimate of drug-likeness (QED) is 0.870. The Morgan fingerprint density at radius 2 is 2.24 bits per heavy atom. The van der Waals surface area contributed by atoms with Gasteiger partial charge in [0.1, 0.15) is 5.75 Å². The van der Waals surface area contributed by atoms with Gasteiger partial charge in [-0.3, -0.25) is 4.68 Å². The van der Waals surface area contributed by atoms with Gasteiger partial charge in [-0.1, -0.05) is 12.1 Å². The molecule has 4 nitrogen and oxygen atoms in total. The Morgan fingerprint density at radius 3 is 2.94 bits per heavy atom. The summed E-state index contributed by atoms with van der Waals surface area (Å²) >= 11 is 0. The molecule has 2 heterocycles. The monoisotopic (exact) mass is 229 g/mol. The zero-order chi connectivity index (χ0) is 11.7. The Bertz CT molecular complexity index is 517. The van der Waals surface area contributed by atoms with Gasteiger partial charge in [-0.2, -0.15) is 5.10 Å². The number of ether oxygens (including phenoxy) is 1. The van der Waals surface area contributed by atoms with Gasteiger partial charge < -0.3 is 10.1 Å². The van der Waals surface area contributed by atoms with Crippen molar-refractivity contribution < 1.29 is 4.74 Å². The average Bonchev–Trinajstić information content (AvgIpc) is 2.76. The third kappa shape index (κ3) is 1.80. The Kier molecular flexibility index (Phi) is 2.57. The number of nitrogens with zero attached hydrogens (tertiary/aromatic N) is 2. The van der Waals surface area contributed by atoms with E-state index in [1.54, 1.807) is 7.11 Å². The summed E-state index contributed by atoms with van der Waals surface area (Å²) in [6, 6.07) is 10.6. The fourth-order valence-corrected chi connectivity index (χ4v) is 2.06. The summed E-state index contributed by atoms with van der Waals surface area (Å²) in [5.41, 5.74) is 2.30. The highest BCUT2D eigenvalue weighted by Crippen LogP contribution is 2.26. The van der Waals surface area contributed by atoms with Crippen molar-refractivity contribution in [3.63, 3.8) is 0 Å². The number of methoxy groups -OCH3 is 1. The van der Waals surface area contributed by atoms with E-state index < -0.39 is 0 Å². The van der Waals surface area contributed by atoms with Crippen LogP contribution in [0.25, 0.3) is 11.3 Å². The van der Waals surface area contributed by atoms with Crippen molar-refractivity contribution in [3.05, 3.63) is 36.5 Å². The van der Waals surface area contributed by atoms with Crippen molar-refractivity contribution in [1.82, 2.24) is 15.1 Å². The summed E-state index contributed by atoms with van der Waals surface area (Å²) in [5, 5.41) is 7.67. The highest BCUT2D eigenvalue weighted by molar-refractivity contribution is 5.61. The van der Waals surface area contributed by atoms with Crippen LogP contribution in [0, 0.1) is 0 Å². The summed E-state index contributed by atoms with van der Waals surface area (Å²) in [4.78, 5) is 0. The summed E-state index contributed by atoms with van der Waals surface area (Å²) in [6.07, 6.45) is 1.85. The first-order chi connectivity index (χ1) is 8.38. The molecule has 1 fully saturated rings. The SMILES string of the molecule is COc1cccc(-c2ccnn2C2CNC2)c1. The fourth-order valence-electron chi connectivity index (χ4n) is 2.06. The number of hydrogen-bond donors (Lipinski definition) is 1. The lowest BCUT2D eigenvalue weighted by Crippen LogP contribution is -2.44. The summed E-state index contributed by atoms with van der Waals surface area (Å²) in [7, 11) is 1.69. The van der Waals surface area contributed by atoms with Crippen LogP contribution in [0.2, 0.25) is 0 Å². The molecule has 0 radical (unpaired) electrons. The lowest BCUT2D eigenvalue weighted by molar-refractivity contribution is 0.321. The molecule has 0 saturated carbocycles. The van der Waals surface area contributed by atoms with E-state index in [1.807, 2.05) is 30.5 Å². The Balaban J connectivity index is 1.99. The van der Waals surface area contributed by atoms with Crippen LogP contribution in [0.3, 0.4) is 0 Å². The molecule has 0 aliphatic carbocycles. The van der Waals surface area contributed by atoms with E-state index in [0.29, 0.717) is 6.04 Å². The normalized spacial score (nSPS) is 15.6. The van der Waals surface area contributed by atoms with Gasteiger partial charge in [-0.15, -0.1) is 0 Å². The molecule has 3 rings (SSSR count). The van der Waals surface area contributed by atoms with Crippen LogP contribution in [-0.2, 0) is 0 Å². The van der Waals surface area contributed by atoms with Gasteiger partial charge in [0.05, 0.1) is 18.8 Å². The Morgan fingerprint density at radius 1 is 1.35 bits per heavy atom. The third-order valence-electron chi connectivity index (χ3n) is 3.14. The minimum Gasteiger partial charge on any atom is -0.497 e. The summed E-state index contributed by atoms with van der Waals surface area (Å²) < 4.78 is 7.34. The van der Waals surface area contributed by atoms with E-state index in [9.17, 15) is 0 Å². The van der Waals surface area contributed by atoms with Gasteiger partial charge in [-0.05, 0) is 18.2 Å². The molecule has 88 valence electrons. The number of nitrogens with one attached hydrogen (secondary N) is 1. The summed E-state index contributed by atoms with van der Waals surface area (Å²) in [6.45, 7) is 2.00. The molecule has 1 saturated heterocycles. The van der Waals surface area contributed by atoms with E-state index >= 15 is 0 Å². The van der Waals surface area contributed by atoms with E-state index in [2.05, 4.69) is 21.2 Å². The maximum atomic E-state index is 5.25. The molecule has 17 heavy (non-hydrogen) atoms. The second kappa shape index (κ2) is 4.22. The van der Waals surface area contributed by atoms with Crippen molar-refractivity contribution in [3.8, 4) is 17.0 Å². The van der Waals surface area contributed by atoms with Crippen LogP contribution in [-0.4, -0.2) is 30.0 Å². The predicted octanol–water partition coefficient (Wildman–Crippen LogP) is 1.70. The minimum atomic E-state index is 0.478. The number of hydrogen-bond acceptors (Lipinski definition) is 3. The Hall–Kier alpha value is -1.81. The minimum absolute atomic E-state index is 0.478. The lowest BCUT2D eigenvalue weighted by Gasteiger charge is -2.29. The number of benzene rings is 1. The van der Waals surface area contributed by atoms with E-state index in [0.717, 1.165) is 30.1 Å². The molecule has 4 heteroatoms. The third-order valence-corrected chi connectivity index (χ3v) is 3.14. The molecule has 0 amide bonds. The standard InChI is InChI=1S/C13H15N3O/c1-17-12-4-2-3-10(7-12)13-5-6-15-16(13)11-8-14-9-11/h2-7,11,14H,8-9H2,1H3. The molecule has 1 aromatic heterocycles. The van der Waals surface area contributed by atoms with Crippen LogP contribution in [0.15, 0.2) is 36.5 Å². The smallest absolute Gasteiger partial charge is 0.119 e. The first-order valence-electron chi connectivity index (χ1n) is 5.77. The molecule has 0 spiro atoms. The first-order valence-corrected chi connectivity index (χ1v) is 5.77. The molecule has 2 aromatic rings. The Labute approximate surface area is 100 Å². The van der Waals surface area contributed by atoms with Crippen molar-refractivity contribution >= 4 is 0 Å². The zero-order valence-corrected chi connectivity index (χ0v) is 9.76. The van der Waals surface area contributed by atoms with Crippen molar-refractivity contribution in [2.45, 2.75) is 6.04 Å². The lowest BCUT2D eigenvalue weighted by atomic mass is 10.1. The number of aromatic nitrogens is 2. The zero-order valence-electron chi connectivity index (χ0n) is 9.76. The molecule has 0 bridgehead atoms. The van der Waals surface area contributed by atoms with Gasteiger partial charge >= 0.3 is 0 Å². The van der Waals surface area contributed by atoms with Crippen molar-refractivity contribution in [2.75, 3.05) is 20.2 Å². The molecule has 0 atom stereocenters. The fraction of sp³-hybridized carbons (Fsp3) is 0.308. The van der Waals surface area contributed by atoms with Crippen molar-refractivity contribution in [2.24, 2.45) is 0 Å². The van der Waals surface area contributed by atoms with Crippen LogP contribution >= 0.6 is 0 Å². The highest BCUT2D eigenvalue weighted by atomic mass is 16.5. The molecule has 0 unspecified atom stereocenters. The average molecular weight is 229 g/mol. The van der Waals surface area contributed by atoms with Gasteiger partial charge in [0.25, 0.3) is 0 Å². The van der Waals surface area contributed by atoms with E-state index in [4.69, 9.17) is 4.74 Å². The topological polar surface area (TPSA) is 39.1 Å². The second-order valence-electron chi connectivity index (χ2n) is 4.21. The van der Waals surface area contributed by atoms with Gasteiger partial charge in [0.2, 0.25) is 0 Å². The molecule has 1 aliphatic heterocycles. The van der Waals surface area contributed by atoms with Gasteiger partial charge in [-0.25, -0.2) is 0 Å².